The summed E-state index contributed by atoms with van der Waals surface area (Å²) in [5, 5.41) is 0. The van der Waals surface area contributed by atoms with E-state index >= 15 is 0 Å². The first-order valence-electron chi connectivity index (χ1n) is 3.56. The zero-order valence-electron chi connectivity index (χ0n) is 5.77. The third-order valence-electron chi connectivity index (χ3n) is 1.73. The number of ether oxygens (including phenoxy) is 1. The highest BCUT2D eigenvalue weighted by Crippen LogP contribution is 2.16. The Morgan fingerprint density at radius 3 is 2.67 bits per heavy atom. The maximum atomic E-state index is 5.97. The Hall–Kier alpha value is 0.467. The smallest absolute Gasteiger partial charge is 0.168 e. The molecule has 0 aromatic rings. The Morgan fingerprint density at radius 2 is 2.33 bits per heavy atom. The van der Waals surface area contributed by atoms with E-state index in [0.717, 1.165) is 6.61 Å². The molecule has 1 heterocycles. The third kappa shape index (κ3) is 2.28. The Balaban J connectivity index is 2.23. The Labute approximate surface area is 62.7 Å². The van der Waals surface area contributed by atoms with Gasteiger partial charge in [-0.3, -0.25) is 0 Å². The molecule has 1 aliphatic rings. The molecule has 2 unspecified atom stereocenters. The lowest BCUT2D eigenvalue weighted by Crippen LogP contribution is -2.29. The minimum Gasteiger partial charge on any atom is -0.380 e. The fourth-order valence-corrected chi connectivity index (χ4v) is 2.82. The van der Waals surface area contributed by atoms with Gasteiger partial charge in [0, 0.05) is 6.61 Å². The molecule has 0 aromatic carbocycles. The molecule has 0 N–H and O–H groups in total. The highest BCUT2D eigenvalue weighted by atomic mass is 35.6. The monoisotopic (exact) mass is 164 g/mol. The van der Waals surface area contributed by atoms with Gasteiger partial charge in [-0.05, 0) is 19.3 Å². The van der Waals surface area contributed by atoms with Gasteiger partial charge in [-0.15, -0.1) is 0 Å². The summed E-state index contributed by atoms with van der Waals surface area (Å²) < 4.78 is 5.47. The van der Waals surface area contributed by atoms with Crippen molar-refractivity contribution in [3.05, 3.63) is 0 Å². The predicted molar refractivity (Wildman–Crippen MR) is 42.5 cm³/mol. The lowest BCUT2D eigenvalue weighted by atomic mass is 10.2. The van der Waals surface area contributed by atoms with Crippen LogP contribution in [0.3, 0.4) is 0 Å². The van der Waals surface area contributed by atoms with Crippen molar-refractivity contribution in [2.75, 3.05) is 6.61 Å². The molecule has 54 valence electrons. The second-order valence-corrected chi connectivity index (χ2v) is 6.75. The minimum absolute atomic E-state index is 0.459. The molecule has 0 radical (unpaired) electrons. The van der Waals surface area contributed by atoms with Gasteiger partial charge in [-0.25, -0.2) is 0 Å². The fraction of sp³-hybridized carbons (Fsp3) is 1.00. The summed E-state index contributed by atoms with van der Waals surface area (Å²) in [5.74, 6) is 0. The molecule has 9 heavy (non-hydrogen) atoms. The van der Waals surface area contributed by atoms with Crippen LogP contribution in [-0.4, -0.2) is 20.4 Å². The van der Waals surface area contributed by atoms with Gasteiger partial charge in [0.1, 0.15) is 0 Å². The van der Waals surface area contributed by atoms with Crippen molar-refractivity contribution in [2.45, 2.75) is 31.5 Å². The summed E-state index contributed by atoms with van der Waals surface area (Å²) in [6, 6.07) is 0. The van der Waals surface area contributed by atoms with Gasteiger partial charge in [0.15, 0.2) is 8.11 Å². The van der Waals surface area contributed by atoms with Gasteiger partial charge < -0.3 is 4.74 Å². The van der Waals surface area contributed by atoms with Crippen molar-refractivity contribution in [3.63, 3.8) is 0 Å². The van der Waals surface area contributed by atoms with Gasteiger partial charge in [-0.2, -0.15) is 11.1 Å². The van der Waals surface area contributed by atoms with Crippen LogP contribution >= 0.6 is 11.1 Å². The summed E-state index contributed by atoms with van der Waals surface area (Å²) >= 11 is 5.97. The van der Waals surface area contributed by atoms with Crippen LogP contribution in [0.4, 0.5) is 0 Å². The summed E-state index contributed by atoms with van der Waals surface area (Å²) in [5.41, 5.74) is 0.459. The van der Waals surface area contributed by atoms with E-state index in [-0.39, 0.29) is 0 Å². The second kappa shape index (κ2) is 3.59. The highest BCUT2D eigenvalue weighted by Gasteiger charge is 2.19. The molecule has 1 aliphatic heterocycles. The topological polar surface area (TPSA) is 9.23 Å². The molecule has 3 heteroatoms. The fourth-order valence-electron chi connectivity index (χ4n) is 1.13. The molecular formula is C6H13ClOSi. The minimum atomic E-state index is -1.00. The van der Waals surface area contributed by atoms with Gasteiger partial charge in [0.2, 0.25) is 0 Å². The lowest BCUT2D eigenvalue weighted by molar-refractivity contribution is 0.0645. The van der Waals surface area contributed by atoms with Crippen molar-refractivity contribution in [3.8, 4) is 0 Å². The quantitative estimate of drug-likeness (QED) is 0.424. The lowest BCUT2D eigenvalue weighted by Gasteiger charge is -2.23. The number of halogens is 1. The third-order valence-corrected chi connectivity index (χ3v) is 4.12. The van der Waals surface area contributed by atoms with Crippen molar-refractivity contribution >= 4 is 19.2 Å². The van der Waals surface area contributed by atoms with Crippen LogP contribution in [0.5, 0.6) is 0 Å². The van der Waals surface area contributed by atoms with Crippen molar-refractivity contribution in [1.29, 1.82) is 0 Å². The highest BCUT2D eigenvalue weighted by molar-refractivity contribution is 7.06. The van der Waals surface area contributed by atoms with E-state index in [1.807, 2.05) is 0 Å². The molecule has 0 aliphatic carbocycles. The van der Waals surface area contributed by atoms with E-state index in [0.29, 0.717) is 5.73 Å². The molecule has 0 amide bonds. The van der Waals surface area contributed by atoms with E-state index in [9.17, 15) is 0 Å². The van der Waals surface area contributed by atoms with E-state index in [4.69, 9.17) is 15.8 Å². The van der Waals surface area contributed by atoms with Crippen LogP contribution in [0.2, 0.25) is 6.55 Å². The first-order chi connectivity index (χ1) is 4.30. The van der Waals surface area contributed by atoms with E-state index in [2.05, 4.69) is 6.55 Å². The Morgan fingerprint density at radius 1 is 1.56 bits per heavy atom. The van der Waals surface area contributed by atoms with E-state index < -0.39 is 8.11 Å². The van der Waals surface area contributed by atoms with Crippen LogP contribution in [0, 0.1) is 0 Å². The summed E-state index contributed by atoms with van der Waals surface area (Å²) in [6.07, 6.45) is 3.75. The van der Waals surface area contributed by atoms with Crippen molar-refractivity contribution in [1.82, 2.24) is 0 Å². The Bertz CT molecular complexity index is 81.1. The molecule has 0 spiro atoms. The molecule has 0 saturated carbocycles. The van der Waals surface area contributed by atoms with Gasteiger partial charge in [-0.1, -0.05) is 6.55 Å². The first kappa shape index (κ1) is 7.57. The molecule has 1 nitrogen and oxygen atoms in total. The average molecular weight is 165 g/mol. The summed E-state index contributed by atoms with van der Waals surface area (Å²) in [6.45, 7) is 3.08. The molecule has 0 bridgehead atoms. The van der Waals surface area contributed by atoms with Gasteiger partial charge in [0.25, 0.3) is 0 Å². The Kier molecular flexibility index (Phi) is 3.02. The summed E-state index contributed by atoms with van der Waals surface area (Å²) in [7, 11) is -1.00. The number of hydrogen-bond donors (Lipinski definition) is 0. The predicted octanol–water partition coefficient (Wildman–Crippen LogP) is 1.69. The van der Waals surface area contributed by atoms with E-state index in [1.54, 1.807) is 0 Å². The van der Waals surface area contributed by atoms with Gasteiger partial charge >= 0.3 is 0 Å². The maximum Gasteiger partial charge on any atom is 0.168 e. The van der Waals surface area contributed by atoms with E-state index in [1.165, 1.54) is 19.3 Å². The zero-order valence-corrected chi connectivity index (χ0v) is 7.68. The van der Waals surface area contributed by atoms with Crippen LogP contribution in [0.25, 0.3) is 0 Å². The standard InChI is InChI=1S/C6H13ClOSi/c1-9(7)6-4-2-3-5-8-6/h6,9H,2-5H2,1H3. The summed E-state index contributed by atoms with van der Waals surface area (Å²) in [4.78, 5) is 0. The first-order valence-corrected chi connectivity index (χ1v) is 7.13. The molecule has 0 aromatic heterocycles. The van der Waals surface area contributed by atoms with Crippen LogP contribution < -0.4 is 0 Å². The molecule has 2 atom stereocenters. The van der Waals surface area contributed by atoms with Crippen LogP contribution in [-0.2, 0) is 4.74 Å². The zero-order chi connectivity index (χ0) is 6.69. The van der Waals surface area contributed by atoms with Gasteiger partial charge in [0.05, 0.1) is 5.73 Å². The average Bonchev–Trinajstić information content (AvgIpc) is 1.90. The molecule has 1 saturated heterocycles. The largest absolute Gasteiger partial charge is 0.380 e. The van der Waals surface area contributed by atoms with Crippen LogP contribution in [0.15, 0.2) is 0 Å². The number of hydrogen-bond acceptors (Lipinski definition) is 1. The molecular weight excluding hydrogens is 152 g/mol. The normalized spacial score (nSPS) is 32.0. The maximum absolute atomic E-state index is 5.97. The molecule has 1 fully saturated rings. The number of rotatable bonds is 1. The molecule has 1 rings (SSSR count). The van der Waals surface area contributed by atoms with Crippen molar-refractivity contribution in [2.24, 2.45) is 0 Å². The van der Waals surface area contributed by atoms with Crippen molar-refractivity contribution < 1.29 is 4.74 Å². The SMILES string of the molecule is C[SiH](Cl)C1CCCCO1. The second-order valence-electron chi connectivity index (χ2n) is 2.58. The van der Waals surface area contributed by atoms with Crippen LogP contribution in [0.1, 0.15) is 19.3 Å².